The van der Waals surface area contributed by atoms with Crippen LogP contribution < -0.4 is 0 Å². The van der Waals surface area contributed by atoms with Gasteiger partial charge in [0.25, 0.3) is 0 Å². The summed E-state index contributed by atoms with van der Waals surface area (Å²) >= 11 is 0. The number of alkyl halides is 1. The summed E-state index contributed by atoms with van der Waals surface area (Å²) in [5.74, 6) is -1.57. The molecule has 1 aliphatic rings. The topological polar surface area (TPSA) is 57.5 Å². The Balaban J connectivity index is 3.00. The van der Waals surface area contributed by atoms with Crippen molar-refractivity contribution in [2.75, 3.05) is 0 Å². The van der Waals surface area contributed by atoms with Crippen LogP contribution in [-0.4, -0.2) is 28.0 Å². The van der Waals surface area contributed by atoms with Crippen LogP contribution in [0.1, 0.15) is 47.0 Å². The van der Waals surface area contributed by atoms with Gasteiger partial charge in [0.05, 0.1) is 0 Å². The van der Waals surface area contributed by atoms with Crippen molar-refractivity contribution in [2.24, 2.45) is 10.8 Å². The molecule has 4 heteroatoms. The summed E-state index contributed by atoms with van der Waals surface area (Å²) < 4.78 is 13.6. The van der Waals surface area contributed by atoms with E-state index in [0.29, 0.717) is 0 Å². The van der Waals surface area contributed by atoms with Crippen molar-refractivity contribution in [3.05, 3.63) is 0 Å². The molecule has 1 saturated carbocycles. The van der Waals surface area contributed by atoms with E-state index in [4.69, 9.17) is 5.11 Å². The van der Waals surface area contributed by atoms with E-state index in [0.717, 1.165) is 6.42 Å². The van der Waals surface area contributed by atoms with Crippen molar-refractivity contribution in [2.45, 2.75) is 58.7 Å². The molecular formula is C12H21FO3. The molecule has 1 rings (SSSR count). The summed E-state index contributed by atoms with van der Waals surface area (Å²) in [6.07, 6.45) is -0.964. The molecule has 1 fully saturated rings. The third-order valence-electron chi connectivity index (χ3n) is 3.22. The van der Waals surface area contributed by atoms with Gasteiger partial charge in [-0.3, -0.25) is 0 Å². The quantitative estimate of drug-likeness (QED) is 0.768. The lowest BCUT2D eigenvalue weighted by atomic mass is 9.58. The van der Waals surface area contributed by atoms with Gasteiger partial charge in [-0.2, -0.15) is 0 Å². The molecular weight excluding hydrogens is 211 g/mol. The van der Waals surface area contributed by atoms with Crippen LogP contribution >= 0.6 is 0 Å². The molecule has 0 aromatic carbocycles. The van der Waals surface area contributed by atoms with Crippen LogP contribution in [0.2, 0.25) is 0 Å². The Labute approximate surface area is 95.7 Å². The molecule has 1 atom stereocenters. The maximum atomic E-state index is 13.6. The van der Waals surface area contributed by atoms with Gasteiger partial charge in [0.1, 0.15) is 5.60 Å². The number of hydrogen-bond acceptors (Lipinski definition) is 2. The van der Waals surface area contributed by atoms with Gasteiger partial charge in [0.2, 0.25) is 6.17 Å². The Kier molecular flexibility index (Phi) is 3.10. The number of carbonyl (C=O) groups is 1. The molecule has 0 spiro atoms. The van der Waals surface area contributed by atoms with Crippen LogP contribution in [0.25, 0.3) is 0 Å². The minimum absolute atomic E-state index is 0.191. The van der Waals surface area contributed by atoms with E-state index in [1.165, 1.54) is 0 Å². The summed E-state index contributed by atoms with van der Waals surface area (Å²) in [5.41, 5.74) is -2.22. The zero-order valence-corrected chi connectivity index (χ0v) is 10.4. The minimum atomic E-state index is -2.20. The average Bonchev–Trinajstić information content (AvgIpc) is 1.95. The molecule has 0 bridgehead atoms. The Morgan fingerprint density at radius 1 is 1.12 bits per heavy atom. The van der Waals surface area contributed by atoms with Crippen LogP contribution in [0, 0.1) is 10.8 Å². The van der Waals surface area contributed by atoms with Gasteiger partial charge in [0, 0.05) is 0 Å². The Morgan fingerprint density at radius 3 is 1.81 bits per heavy atom. The van der Waals surface area contributed by atoms with E-state index in [1.54, 1.807) is 0 Å². The van der Waals surface area contributed by atoms with Crippen LogP contribution in [-0.2, 0) is 4.79 Å². The van der Waals surface area contributed by atoms with E-state index in [2.05, 4.69) is 0 Å². The van der Waals surface area contributed by atoms with Gasteiger partial charge in [-0.25, -0.2) is 9.18 Å². The standard InChI is InChI=1S/C12H21FO3/c1-10(2)5-11(3,4)7-12(16,6-10)8(13)9(14)15/h8,16H,5-7H2,1-4H3,(H,14,15). The monoisotopic (exact) mass is 232 g/mol. The van der Waals surface area contributed by atoms with Crippen molar-refractivity contribution >= 4 is 5.97 Å². The van der Waals surface area contributed by atoms with Gasteiger partial charge in [-0.1, -0.05) is 27.7 Å². The van der Waals surface area contributed by atoms with Crippen molar-refractivity contribution in [3.8, 4) is 0 Å². The molecule has 94 valence electrons. The highest BCUT2D eigenvalue weighted by Gasteiger charge is 2.53. The predicted octanol–water partition coefficient (Wildman–Crippen LogP) is 2.38. The molecule has 0 aromatic rings. The minimum Gasteiger partial charge on any atom is -0.479 e. The normalized spacial score (nSPS) is 28.4. The lowest BCUT2D eigenvalue weighted by Crippen LogP contribution is -2.54. The second-order valence-electron chi connectivity index (χ2n) is 6.66. The van der Waals surface area contributed by atoms with E-state index in [-0.39, 0.29) is 23.7 Å². The van der Waals surface area contributed by atoms with Gasteiger partial charge in [-0.15, -0.1) is 0 Å². The van der Waals surface area contributed by atoms with Crippen LogP contribution in [0.5, 0.6) is 0 Å². The molecule has 1 aliphatic carbocycles. The lowest BCUT2D eigenvalue weighted by molar-refractivity contribution is -0.169. The van der Waals surface area contributed by atoms with Gasteiger partial charge in [-0.05, 0) is 30.1 Å². The fourth-order valence-electron chi connectivity index (χ4n) is 3.55. The van der Waals surface area contributed by atoms with E-state index in [1.807, 2.05) is 27.7 Å². The van der Waals surface area contributed by atoms with Gasteiger partial charge in [0.15, 0.2) is 0 Å². The zero-order valence-electron chi connectivity index (χ0n) is 10.4. The molecule has 0 aliphatic heterocycles. The Bertz CT molecular complexity index is 281. The fraction of sp³-hybridized carbons (Fsp3) is 0.917. The number of halogens is 1. The number of hydrogen-bond donors (Lipinski definition) is 2. The summed E-state index contributed by atoms with van der Waals surface area (Å²) in [6.45, 7) is 7.75. The first-order valence-corrected chi connectivity index (χ1v) is 5.57. The van der Waals surface area contributed by atoms with Crippen molar-refractivity contribution < 1.29 is 19.4 Å². The molecule has 0 amide bonds. The Hall–Kier alpha value is -0.640. The third kappa shape index (κ3) is 2.73. The molecule has 2 N–H and O–H groups in total. The van der Waals surface area contributed by atoms with Crippen molar-refractivity contribution in [3.63, 3.8) is 0 Å². The molecule has 0 aromatic heterocycles. The van der Waals surface area contributed by atoms with E-state index < -0.39 is 17.7 Å². The maximum absolute atomic E-state index is 13.6. The van der Waals surface area contributed by atoms with Crippen LogP contribution in [0.4, 0.5) is 4.39 Å². The zero-order chi connectivity index (χ0) is 12.8. The summed E-state index contributed by atoms with van der Waals surface area (Å²) in [5, 5.41) is 18.9. The second kappa shape index (κ2) is 3.69. The molecule has 3 nitrogen and oxygen atoms in total. The highest BCUT2D eigenvalue weighted by Crippen LogP contribution is 2.51. The smallest absolute Gasteiger partial charge is 0.341 e. The predicted molar refractivity (Wildman–Crippen MR) is 58.9 cm³/mol. The first-order valence-electron chi connectivity index (χ1n) is 5.57. The molecule has 0 saturated heterocycles. The molecule has 1 unspecified atom stereocenters. The maximum Gasteiger partial charge on any atom is 0.341 e. The van der Waals surface area contributed by atoms with Crippen molar-refractivity contribution in [1.82, 2.24) is 0 Å². The first kappa shape index (κ1) is 13.4. The molecule has 16 heavy (non-hydrogen) atoms. The SMILES string of the molecule is CC1(C)CC(C)(C)CC(O)(C(F)C(=O)O)C1. The Morgan fingerprint density at radius 2 is 1.50 bits per heavy atom. The number of rotatable bonds is 2. The third-order valence-corrected chi connectivity index (χ3v) is 3.22. The van der Waals surface area contributed by atoms with Gasteiger partial charge < -0.3 is 10.2 Å². The molecule has 0 radical (unpaired) electrons. The summed E-state index contributed by atoms with van der Waals surface area (Å²) in [4.78, 5) is 10.7. The van der Waals surface area contributed by atoms with Gasteiger partial charge >= 0.3 is 5.97 Å². The number of carboxylic acids is 1. The number of carboxylic acid groups (broad SMARTS) is 1. The largest absolute Gasteiger partial charge is 0.479 e. The van der Waals surface area contributed by atoms with Crippen molar-refractivity contribution in [1.29, 1.82) is 0 Å². The fourth-order valence-corrected chi connectivity index (χ4v) is 3.55. The summed E-state index contributed by atoms with van der Waals surface area (Å²) in [6, 6.07) is 0. The van der Waals surface area contributed by atoms with Crippen LogP contribution in [0.15, 0.2) is 0 Å². The van der Waals surface area contributed by atoms with E-state index >= 15 is 0 Å². The summed E-state index contributed by atoms with van der Waals surface area (Å²) in [7, 11) is 0. The van der Waals surface area contributed by atoms with Crippen LogP contribution in [0.3, 0.4) is 0 Å². The first-order chi connectivity index (χ1) is 6.98. The highest BCUT2D eigenvalue weighted by molar-refractivity contribution is 5.73. The van der Waals surface area contributed by atoms with E-state index in [9.17, 15) is 14.3 Å². The lowest BCUT2D eigenvalue weighted by Gasteiger charge is -2.49. The number of aliphatic hydroxyl groups is 1. The second-order valence-corrected chi connectivity index (χ2v) is 6.66. The average molecular weight is 232 g/mol. The number of aliphatic carboxylic acids is 1. The highest BCUT2D eigenvalue weighted by atomic mass is 19.1. The molecule has 0 heterocycles.